The number of esters is 1. The van der Waals surface area contributed by atoms with E-state index >= 15 is 0 Å². The molecule has 26 heavy (non-hydrogen) atoms. The lowest BCUT2D eigenvalue weighted by atomic mass is 10.1. The number of ether oxygens (including phenoxy) is 3. The summed E-state index contributed by atoms with van der Waals surface area (Å²) in [6.45, 7) is 0. The van der Waals surface area contributed by atoms with E-state index in [1.165, 1.54) is 31.4 Å². The molecule has 0 aromatic heterocycles. The van der Waals surface area contributed by atoms with Gasteiger partial charge in [0, 0.05) is 12.1 Å². The van der Waals surface area contributed by atoms with Gasteiger partial charge in [-0.05, 0) is 42.0 Å². The molecule has 0 fully saturated rings. The van der Waals surface area contributed by atoms with Gasteiger partial charge in [0.05, 0.1) is 37.6 Å². The number of amides is 1. The highest BCUT2D eigenvalue weighted by Gasteiger charge is 2.10. The molecular weight excluding hydrogens is 358 g/mol. The lowest BCUT2D eigenvalue weighted by Gasteiger charge is -2.08. The Balaban J connectivity index is 2.16. The third-order valence-corrected chi connectivity index (χ3v) is 3.78. The van der Waals surface area contributed by atoms with Crippen molar-refractivity contribution in [1.82, 2.24) is 0 Å². The summed E-state index contributed by atoms with van der Waals surface area (Å²) in [5.74, 6) is 0.295. The van der Waals surface area contributed by atoms with Crippen LogP contribution in [0.5, 0.6) is 11.5 Å². The van der Waals surface area contributed by atoms with Crippen LogP contribution in [0.4, 0.5) is 5.69 Å². The van der Waals surface area contributed by atoms with Crippen LogP contribution in [0, 0.1) is 0 Å². The SMILES string of the molecule is COC(=O)c1ccc(Cl)c(NC(=O)C=Cc2cc(OC)cc(OC)c2)c1. The van der Waals surface area contributed by atoms with Gasteiger partial charge in [-0.25, -0.2) is 4.79 Å². The van der Waals surface area contributed by atoms with Crippen LogP contribution in [0.15, 0.2) is 42.5 Å². The average molecular weight is 376 g/mol. The molecule has 0 spiro atoms. The van der Waals surface area contributed by atoms with Gasteiger partial charge < -0.3 is 19.5 Å². The first-order valence-electron chi connectivity index (χ1n) is 7.57. The van der Waals surface area contributed by atoms with E-state index in [2.05, 4.69) is 10.1 Å². The van der Waals surface area contributed by atoms with Crippen LogP contribution in [-0.2, 0) is 9.53 Å². The minimum absolute atomic E-state index is 0.286. The average Bonchev–Trinajstić information content (AvgIpc) is 2.67. The van der Waals surface area contributed by atoms with E-state index in [1.807, 2.05) is 0 Å². The fourth-order valence-electron chi connectivity index (χ4n) is 2.14. The second-order valence-corrected chi connectivity index (χ2v) is 5.56. The number of rotatable bonds is 6. The maximum Gasteiger partial charge on any atom is 0.337 e. The molecule has 2 aromatic rings. The number of benzene rings is 2. The van der Waals surface area contributed by atoms with Gasteiger partial charge >= 0.3 is 5.97 Å². The predicted octanol–water partition coefficient (Wildman–Crippen LogP) is 3.80. The van der Waals surface area contributed by atoms with Crippen molar-refractivity contribution >= 4 is 35.2 Å². The topological polar surface area (TPSA) is 73.9 Å². The molecule has 0 unspecified atom stereocenters. The number of methoxy groups -OCH3 is 3. The van der Waals surface area contributed by atoms with Gasteiger partial charge in [0.15, 0.2) is 0 Å². The van der Waals surface area contributed by atoms with E-state index < -0.39 is 11.9 Å². The van der Waals surface area contributed by atoms with Crippen molar-refractivity contribution in [2.75, 3.05) is 26.6 Å². The molecule has 0 saturated carbocycles. The molecule has 0 heterocycles. The molecule has 2 aromatic carbocycles. The van der Waals surface area contributed by atoms with Gasteiger partial charge in [-0.3, -0.25) is 4.79 Å². The van der Waals surface area contributed by atoms with Crippen LogP contribution in [-0.4, -0.2) is 33.2 Å². The lowest BCUT2D eigenvalue weighted by Crippen LogP contribution is -2.10. The maximum absolute atomic E-state index is 12.2. The highest BCUT2D eigenvalue weighted by molar-refractivity contribution is 6.34. The third kappa shape index (κ3) is 5.00. The fourth-order valence-corrected chi connectivity index (χ4v) is 2.30. The Kier molecular flexibility index (Phi) is 6.63. The van der Waals surface area contributed by atoms with Crippen LogP contribution in [0.2, 0.25) is 5.02 Å². The van der Waals surface area contributed by atoms with Gasteiger partial charge in [0.25, 0.3) is 0 Å². The molecule has 136 valence electrons. The lowest BCUT2D eigenvalue weighted by molar-refractivity contribution is -0.111. The monoisotopic (exact) mass is 375 g/mol. The number of carbonyl (C=O) groups excluding carboxylic acids is 2. The van der Waals surface area contributed by atoms with E-state index in [0.29, 0.717) is 22.2 Å². The maximum atomic E-state index is 12.2. The van der Waals surface area contributed by atoms with E-state index in [4.69, 9.17) is 21.1 Å². The summed E-state index contributed by atoms with van der Waals surface area (Å²) in [6.07, 6.45) is 2.95. The fraction of sp³-hybridized carbons (Fsp3) is 0.158. The van der Waals surface area contributed by atoms with Gasteiger partial charge in [-0.1, -0.05) is 11.6 Å². The normalized spacial score (nSPS) is 10.5. The first-order valence-corrected chi connectivity index (χ1v) is 7.94. The standard InChI is InChI=1S/C19H18ClNO5/c1-24-14-8-12(9-15(11-14)25-2)4-7-18(22)21-17-10-13(19(23)26-3)5-6-16(17)20/h4-11H,1-3H3,(H,21,22). The number of nitrogens with one attached hydrogen (secondary N) is 1. The van der Waals surface area contributed by atoms with E-state index in [-0.39, 0.29) is 5.56 Å². The number of carbonyl (C=O) groups is 2. The Hall–Kier alpha value is -2.99. The summed E-state index contributed by atoms with van der Waals surface area (Å²) < 4.78 is 15.0. The molecule has 0 aliphatic heterocycles. The second-order valence-electron chi connectivity index (χ2n) is 5.15. The van der Waals surface area contributed by atoms with Crippen LogP contribution in [0.25, 0.3) is 6.08 Å². The molecule has 0 aliphatic rings. The van der Waals surface area contributed by atoms with E-state index in [9.17, 15) is 9.59 Å². The number of halogens is 1. The Bertz CT molecular complexity index is 826. The number of anilines is 1. The van der Waals surface area contributed by atoms with E-state index in [1.54, 1.807) is 38.5 Å². The number of hydrogen-bond donors (Lipinski definition) is 1. The van der Waals surface area contributed by atoms with Crippen molar-refractivity contribution in [3.8, 4) is 11.5 Å². The van der Waals surface area contributed by atoms with Crippen molar-refractivity contribution < 1.29 is 23.8 Å². The van der Waals surface area contributed by atoms with Crippen molar-refractivity contribution in [1.29, 1.82) is 0 Å². The van der Waals surface area contributed by atoms with Gasteiger partial charge in [0.2, 0.25) is 5.91 Å². The second kappa shape index (κ2) is 8.92. The summed E-state index contributed by atoms with van der Waals surface area (Å²) in [6, 6.07) is 9.74. The van der Waals surface area contributed by atoms with Crippen LogP contribution in [0.3, 0.4) is 0 Å². The zero-order valence-electron chi connectivity index (χ0n) is 14.5. The Labute approximate surface area is 156 Å². The molecule has 2 rings (SSSR count). The van der Waals surface area contributed by atoms with Crippen molar-refractivity contribution in [3.63, 3.8) is 0 Å². The zero-order valence-corrected chi connectivity index (χ0v) is 15.3. The van der Waals surface area contributed by atoms with Gasteiger partial charge in [-0.15, -0.1) is 0 Å². The highest BCUT2D eigenvalue weighted by atomic mass is 35.5. The van der Waals surface area contributed by atoms with Crippen LogP contribution >= 0.6 is 11.6 Å². The number of hydrogen-bond acceptors (Lipinski definition) is 5. The molecule has 0 saturated heterocycles. The minimum Gasteiger partial charge on any atom is -0.497 e. The predicted molar refractivity (Wildman–Crippen MR) is 100 cm³/mol. The molecule has 0 aliphatic carbocycles. The summed E-state index contributed by atoms with van der Waals surface area (Å²) in [5, 5.41) is 2.94. The Morgan fingerprint density at radius 3 is 2.23 bits per heavy atom. The van der Waals surface area contributed by atoms with Crippen molar-refractivity contribution in [2.45, 2.75) is 0 Å². The summed E-state index contributed by atoms with van der Waals surface area (Å²) in [7, 11) is 4.37. The molecule has 0 atom stereocenters. The first-order chi connectivity index (χ1) is 12.5. The van der Waals surface area contributed by atoms with Crippen molar-refractivity contribution in [2.24, 2.45) is 0 Å². The van der Waals surface area contributed by atoms with Crippen LogP contribution < -0.4 is 14.8 Å². The molecular formula is C19H18ClNO5. The van der Waals surface area contributed by atoms with Crippen LogP contribution in [0.1, 0.15) is 15.9 Å². The summed E-state index contributed by atoms with van der Waals surface area (Å²) >= 11 is 6.06. The van der Waals surface area contributed by atoms with Gasteiger partial charge in [0.1, 0.15) is 11.5 Å². The smallest absolute Gasteiger partial charge is 0.337 e. The van der Waals surface area contributed by atoms with E-state index in [0.717, 1.165) is 5.56 Å². The van der Waals surface area contributed by atoms with Gasteiger partial charge in [-0.2, -0.15) is 0 Å². The Morgan fingerprint density at radius 2 is 1.65 bits per heavy atom. The first kappa shape index (κ1) is 19.3. The third-order valence-electron chi connectivity index (χ3n) is 3.45. The molecule has 0 bridgehead atoms. The molecule has 7 heteroatoms. The molecule has 1 amide bonds. The summed E-state index contributed by atoms with van der Waals surface area (Å²) in [4.78, 5) is 23.7. The van der Waals surface area contributed by atoms with Crippen molar-refractivity contribution in [3.05, 3.63) is 58.6 Å². The summed E-state index contributed by atoms with van der Waals surface area (Å²) in [5.41, 5.74) is 1.33. The largest absolute Gasteiger partial charge is 0.497 e. The zero-order chi connectivity index (χ0) is 19.1. The molecule has 0 radical (unpaired) electrons. The minimum atomic E-state index is -0.517. The molecule has 1 N–H and O–H groups in total. The quantitative estimate of drug-likeness (QED) is 0.614. The Morgan fingerprint density at radius 1 is 1.00 bits per heavy atom. The highest BCUT2D eigenvalue weighted by Crippen LogP contribution is 2.25. The molecule has 6 nitrogen and oxygen atoms in total.